The molecular formula is C11H19NO4. The molecule has 92 valence electrons. The second-order valence-electron chi connectivity index (χ2n) is 4.42. The molecule has 0 radical (unpaired) electrons. The number of hydrogen-bond acceptors (Lipinski definition) is 3. The lowest BCUT2D eigenvalue weighted by atomic mass is 10.0. The number of carbonyl (C=O) groups is 2. The molecule has 3 atom stereocenters. The van der Waals surface area contributed by atoms with Crippen molar-refractivity contribution in [3.63, 3.8) is 0 Å². The summed E-state index contributed by atoms with van der Waals surface area (Å²) in [6, 6.07) is -0.859. The summed E-state index contributed by atoms with van der Waals surface area (Å²) in [4.78, 5) is 24.2. The predicted molar refractivity (Wildman–Crippen MR) is 57.8 cm³/mol. The molecule has 5 nitrogen and oxygen atoms in total. The van der Waals surface area contributed by atoms with E-state index in [0.717, 1.165) is 12.8 Å². The van der Waals surface area contributed by atoms with Gasteiger partial charge in [-0.25, -0.2) is 4.79 Å². The van der Waals surface area contributed by atoms with Crippen molar-refractivity contribution >= 4 is 11.9 Å². The van der Waals surface area contributed by atoms with Gasteiger partial charge in [-0.05, 0) is 6.42 Å². The molecule has 1 aliphatic heterocycles. The summed E-state index contributed by atoms with van der Waals surface area (Å²) in [5.41, 5.74) is 0. The number of hydrogen-bond donors (Lipinski definition) is 2. The summed E-state index contributed by atoms with van der Waals surface area (Å²) in [6.45, 7) is 3.93. The summed E-state index contributed by atoms with van der Waals surface area (Å²) < 4.78 is 0. The maximum absolute atomic E-state index is 11.9. The Morgan fingerprint density at radius 2 is 2.12 bits per heavy atom. The fraction of sp³-hybridized carbons (Fsp3) is 0.818. The number of rotatable bonds is 4. The van der Waals surface area contributed by atoms with Crippen LogP contribution in [0.4, 0.5) is 0 Å². The molecule has 2 N–H and O–H groups in total. The van der Waals surface area contributed by atoms with Crippen LogP contribution in [0.25, 0.3) is 0 Å². The molecule has 0 bridgehead atoms. The molecule has 1 heterocycles. The van der Waals surface area contributed by atoms with E-state index in [4.69, 9.17) is 5.11 Å². The second-order valence-corrected chi connectivity index (χ2v) is 4.42. The summed E-state index contributed by atoms with van der Waals surface area (Å²) >= 11 is 0. The van der Waals surface area contributed by atoms with Crippen molar-refractivity contribution in [2.75, 3.05) is 6.54 Å². The molecule has 0 saturated carbocycles. The number of aliphatic hydroxyl groups is 1. The van der Waals surface area contributed by atoms with Crippen molar-refractivity contribution in [3.8, 4) is 0 Å². The number of aliphatic carboxylic acids is 1. The highest BCUT2D eigenvalue weighted by molar-refractivity contribution is 5.85. The summed E-state index contributed by atoms with van der Waals surface area (Å²) in [5, 5.41) is 18.4. The summed E-state index contributed by atoms with van der Waals surface area (Å²) in [5.74, 6) is -1.36. The molecule has 5 heteroatoms. The maximum Gasteiger partial charge on any atom is 0.326 e. The second kappa shape index (κ2) is 5.30. The van der Waals surface area contributed by atoms with Crippen LogP contribution in [0, 0.1) is 5.92 Å². The van der Waals surface area contributed by atoms with E-state index in [2.05, 4.69) is 0 Å². The third kappa shape index (κ3) is 2.72. The quantitative estimate of drug-likeness (QED) is 0.734. The van der Waals surface area contributed by atoms with Crippen LogP contribution in [0.15, 0.2) is 0 Å². The average Bonchev–Trinajstić information content (AvgIpc) is 2.59. The van der Waals surface area contributed by atoms with E-state index in [1.54, 1.807) is 6.92 Å². The van der Waals surface area contributed by atoms with Crippen LogP contribution in [0.1, 0.15) is 33.1 Å². The molecule has 0 spiro atoms. The Morgan fingerprint density at radius 1 is 1.50 bits per heavy atom. The fourth-order valence-corrected chi connectivity index (χ4v) is 2.13. The summed E-state index contributed by atoms with van der Waals surface area (Å²) in [7, 11) is 0. The Labute approximate surface area is 95.1 Å². The van der Waals surface area contributed by atoms with E-state index in [9.17, 15) is 14.7 Å². The Bertz CT molecular complexity index is 279. The zero-order chi connectivity index (χ0) is 12.3. The van der Waals surface area contributed by atoms with Gasteiger partial charge in [0.1, 0.15) is 6.04 Å². The van der Waals surface area contributed by atoms with E-state index < -0.39 is 18.1 Å². The molecule has 1 unspecified atom stereocenters. The first-order chi connectivity index (χ1) is 7.47. The van der Waals surface area contributed by atoms with E-state index in [1.807, 2.05) is 6.92 Å². The van der Waals surface area contributed by atoms with Gasteiger partial charge in [-0.3, -0.25) is 4.79 Å². The van der Waals surface area contributed by atoms with Crippen LogP contribution in [-0.4, -0.2) is 45.7 Å². The molecule has 1 aliphatic rings. The van der Waals surface area contributed by atoms with Gasteiger partial charge < -0.3 is 15.1 Å². The van der Waals surface area contributed by atoms with Gasteiger partial charge in [0.2, 0.25) is 5.91 Å². The minimum absolute atomic E-state index is 0.139. The first kappa shape index (κ1) is 13.0. The van der Waals surface area contributed by atoms with Gasteiger partial charge in [0.15, 0.2) is 0 Å². The molecule has 0 aliphatic carbocycles. The van der Waals surface area contributed by atoms with E-state index in [-0.39, 0.29) is 24.8 Å². The lowest BCUT2D eigenvalue weighted by Gasteiger charge is -2.24. The number of carboxylic acids is 1. The van der Waals surface area contributed by atoms with Crippen molar-refractivity contribution in [3.05, 3.63) is 0 Å². The number of nitrogens with zero attached hydrogens (tertiary/aromatic N) is 1. The molecule has 16 heavy (non-hydrogen) atoms. The lowest BCUT2D eigenvalue weighted by molar-refractivity contribution is -0.149. The number of carbonyl (C=O) groups excluding carboxylic acids is 1. The third-order valence-corrected chi connectivity index (χ3v) is 2.99. The zero-order valence-electron chi connectivity index (χ0n) is 9.72. The van der Waals surface area contributed by atoms with Crippen molar-refractivity contribution in [2.24, 2.45) is 5.92 Å². The van der Waals surface area contributed by atoms with E-state index >= 15 is 0 Å². The lowest BCUT2D eigenvalue weighted by Crippen LogP contribution is -2.43. The molecule has 0 aromatic rings. The van der Waals surface area contributed by atoms with Crippen LogP contribution in [0.5, 0.6) is 0 Å². The van der Waals surface area contributed by atoms with Crippen LogP contribution in [-0.2, 0) is 9.59 Å². The highest BCUT2D eigenvalue weighted by Gasteiger charge is 2.39. The highest BCUT2D eigenvalue weighted by atomic mass is 16.4. The summed E-state index contributed by atoms with van der Waals surface area (Å²) in [6.07, 6.45) is 1.07. The molecule has 1 fully saturated rings. The van der Waals surface area contributed by atoms with Crippen LogP contribution in [0.3, 0.4) is 0 Å². The van der Waals surface area contributed by atoms with Crippen LogP contribution in [0.2, 0.25) is 0 Å². The molecule has 1 amide bonds. The third-order valence-electron chi connectivity index (χ3n) is 2.99. The largest absolute Gasteiger partial charge is 0.480 e. The maximum atomic E-state index is 11.9. The van der Waals surface area contributed by atoms with Crippen molar-refractivity contribution in [1.82, 2.24) is 4.90 Å². The molecule has 1 rings (SSSR count). The molecular weight excluding hydrogens is 210 g/mol. The zero-order valence-corrected chi connectivity index (χ0v) is 9.72. The number of amides is 1. The van der Waals surface area contributed by atoms with Gasteiger partial charge in [-0.2, -0.15) is 0 Å². The van der Waals surface area contributed by atoms with Crippen molar-refractivity contribution < 1.29 is 19.8 Å². The number of carboxylic acid groups (broad SMARTS) is 1. The molecule has 1 saturated heterocycles. The van der Waals surface area contributed by atoms with Crippen molar-refractivity contribution in [1.29, 1.82) is 0 Å². The number of likely N-dealkylation sites (tertiary alicyclic amines) is 1. The number of aliphatic hydroxyl groups excluding tert-OH is 1. The van der Waals surface area contributed by atoms with Gasteiger partial charge in [0.05, 0.1) is 6.10 Å². The SMILES string of the molecule is CCCC(C)C(=O)N1C[C@H](O)C[C@H]1C(=O)O. The van der Waals surface area contributed by atoms with E-state index in [0.29, 0.717) is 0 Å². The topological polar surface area (TPSA) is 77.8 Å². The molecule has 0 aromatic heterocycles. The normalized spacial score (nSPS) is 26.8. The number of β-amino-alcohol motifs (C(OH)–C–C–N with tert-alkyl or cyclic N) is 1. The minimum atomic E-state index is -1.03. The van der Waals surface area contributed by atoms with Crippen LogP contribution >= 0.6 is 0 Å². The Morgan fingerprint density at radius 3 is 2.62 bits per heavy atom. The minimum Gasteiger partial charge on any atom is -0.480 e. The highest BCUT2D eigenvalue weighted by Crippen LogP contribution is 2.22. The van der Waals surface area contributed by atoms with E-state index in [1.165, 1.54) is 4.90 Å². The Kier molecular flexibility index (Phi) is 4.29. The fourth-order valence-electron chi connectivity index (χ4n) is 2.13. The smallest absolute Gasteiger partial charge is 0.326 e. The standard InChI is InChI=1S/C11H19NO4/c1-3-4-7(2)10(14)12-6-8(13)5-9(12)11(15)16/h7-9,13H,3-6H2,1-2H3,(H,15,16)/t7?,8-,9+/m1/s1. The van der Waals surface area contributed by atoms with Crippen LogP contribution < -0.4 is 0 Å². The van der Waals surface area contributed by atoms with Gasteiger partial charge >= 0.3 is 5.97 Å². The van der Waals surface area contributed by atoms with Gasteiger partial charge in [0, 0.05) is 18.9 Å². The molecule has 0 aromatic carbocycles. The first-order valence-corrected chi connectivity index (χ1v) is 5.68. The first-order valence-electron chi connectivity index (χ1n) is 5.68. The van der Waals surface area contributed by atoms with Gasteiger partial charge in [0.25, 0.3) is 0 Å². The predicted octanol–water partition coefficient (Wildman–Crippen LogP) is 0.469. The van der Waals surface area contributed by atoms with Gasteiger partial charge in [-0.1, -0.05) is 20.3 Å². The van der Waals surface area contributed by atoms with Gasteiger partial charge in [-0.15, -0.1) is 0 Å². The Balaban J connectivity index is 2.70. The van der Waals surface area contributed by atoms with Crippen molar-refractivity contribution in [2.45, 2.75) is 45.3 Å². The average molecular weight is 229 g/mol. The monoisotopic (exact) mass is 229 g/mol. The Hall–Kier alpha value is -1.10.